The summed E-state index contributed by atoms with van der Waals surface area (Å²) in [4.78, 5) is 0. The Balaban J connectivity index is 1.20. The molecule has 0 unspecified atom stereocenters. The van der Waals surface area contributed by atoms with Crippen LogP contribution in [-0.2, 0) is 0 Å². The van der Waals surface area contributed by atoms with Gasteiger partial charge in [0.2, 0.25) is 0 Å². The molecule has 0 radical (unpaired) electrons. The van der Waals surface area contributed by atoms with E-state index in [0.717, 1.165) is 33.3 Å². The highest BCUT2D eigenvalue weighted by molar-refractivity contribution is 6.26. The van der Waals surface area contributed by atoms with Crippen LogP contribution >= 0.6 is 0 Å². The number of para-hydroxylation sites is 4. The molecule has 0 atom stereocenters. The van der Waals surface area contributed by atoms with Crippen molar-refractivity contribution in [3.8, 4) is 17.1 Å². The van der Waals surface area contributed by atoms with Gasteiger partial charge in [-0.3, -0.25) is 0 Å². The van der Waals surface area contributed by atoms with E-state index in [0.29, 0.717) is 0 Å². The third kappa shape index (κ3) is 2.98. The molecular weight excluding hydrogens is 562 g/mol. The van der Waals surface area contributed by atoms with E-state index in [1.54, 1.807) is 0 Å². The monoisotopic (exact) mass is 587 g/mol. The molecule has 4 heteroatoms. The number of fused-ring (bicyclic) bond motifs is 6. The smallest absolute Gasteiger partial charge is 0.159 e. The molecule has 11 aromatic rings. The van der Waals surface area contributed by atoms with Crippen molar-refractivity contribution in [3.05, 3.63) is 152 Å². The number of aromatic nitrogens is 3. The Bertz CT molecular complexity index is 2900. The molecule has 4 nitrogen and oxygen atoms in total. The first-order chi connectivity index (χ1) is 22.8. The molecule has 0 N–H and O–H groups in total. The minimum atomic E-state index is 0.911. The summed E-state index contributed by atoms with van der Waals surface area (Å²) in [5.74, 6) is 0. The second-order valence-corrected chi connectivity index (χ2v) is 12.2. The van der Waals surface area contributed by atoms with Crippen LogP contribution in [0.5, 0.6) is 0 Å². The number of rotatable bonds is 3. The van der Waals surface area contributed by atoms with Gasteiger partial charge in [0.15, 0.2) is 5.58 Å². The Kier molecular flexibility index (Phi) is 4.55. The minimum absolute atomic E-state index is 0.911. The Morgan fingerprint density at radius 3 is 1.70 bits per heavy atom. The predicted molar refractivity (Wildman–Crippen MR) is 190 cm³/mol. The van der Waals surface area contributed by atoms with Gasteiger partial charge in [0.05, 0.1) is 38.8 Å². The van der Waals surface area contributed by atoms with Gasteiger partial charge in [-0.2, -0.15) is 0 Å². The highest BCUT2D eigenvalue weighted by Crippen LogP contribution is 2.44. The van der Waals surface area contributed by atoms with E-state index in [4.69, 9.17) is 4.42 Å². The summed E-state index contributed by atoms with van der Waals surface area (Å²) in [6.07, 6.45) is 0. The fraction of sp³-hybridized carbons (Fsp3) is 0. The van der Waals surface area contributed by atoms with Crippen LogP contribution in [0.4, 0.5) is 0 Å². The maximum absolute atomic E-state index is 6.52. The molecule has 0 spiro atoms. The molecule has 0 fully saturated rings. The van der Waals surface area contributed by atoms with Gasteiger partial charge < -0.3 is 18.1 Å². The molecule has 0 saturated heterocycles. The lowest BCUT2D eigenvalue weighted by Gasteiger charge is -2.13. The van der Waals surface area contributed by atoms with Crippen LogP contribution < -0.4 is 0 Å². The van der Waals surface area contributed by atoms with Crippen molar-refractivity contribution in [1.82, 2.24) is 13.7 Å². The zero-order valence-electron chi connectivity index (χ0n) is 24.7. The summed E-state index contributed by atoms with van der Waals surface area (Å²) >= 11 is 0. The van der Waals surface area contributed by atoms with Crippen molar-refractivity contribution in [2.75, 3.05) is 0 Å². The molecule has 4 heterocycles. The summed E-state index contributed by atoms with van der Waals surface area (Å²) in [5.41, 5.74) is 12.4. The first-order valence-electron chi connectivity index (χ1n) is 15.7. The maximum atomic E-state index is 6.52. The number of benzene rings is 7. The van der Waals surface area contributed by atoms with Crippen molar-refractivity contribution in [2.45, 2.75) is 0 Å². The van der Waals surface area contributed by atoms with Crippen LogP contribution in [0.1, 0.15) is 0 Å². The summed E-state index contributed by atoms with van der Waals surface area (Å²) in [6.45, 7) is 0. The average molecular weight is 588 g/mol. The lowest BCUT2D eigenvalue weighted by atomic mass is 10.1. The third-order valence-corrected chi connectivity index (χ3v) is 9.81. The van der Waals surface area contributed by atoms with Gasteiger partial charge in [0.25, 0.3) is 0 Å². The Morgan fingerprint density at radius 1 is 0.348 bits per heavy atom. The van der Waals surface area contributed by atoms with Crippen molar-refractivity contribution >= 4 is 76.6 Å². The molecule has 0 bridgehead atoms. The van der Waals surface area contributed by atoms with Crippen molar-refractivity contribution in [2.24, 2.45) is 0 Å². The zero-order valence-corrected chi connectivity index (χ0v) is 24.7. The number of hydrogen-bond donors (Lipinski definition) is 0. The largest absolute Gasteiger partial charge is 0.454 e. The molecular formula is C42H25N3O. The SMILES string of the molecule is c1ccc(-n2c3ccccc3c3cc(-n4c5cccc6c5c5c4cccc5n6-c4cccc5c4oc4ccccc45)ccc32)cc1. The van der Waals surface area contributed by atoms with Gasteiger partial charge in [-0.1, -0.05) is 78.9 Å². The normalized spacial score (nSPS) is 12.3. The Labute approximate surface area is 262 Å². The van der Waals surface area contributed by atoms with E-state index in [1.165, 1.54) is 60.3 Å². The van der Waals surface area contributed by atoms with E-state index in [1.807, 2.05) is 6.07 Å². The van der Waals surface area contributed by atoms with Crippen LogP contribution in [-0.4, -0.2) is 13.7 Å². The van der Waals surface area contributed by atoms with Crippen LogP contribution in [0, 0.1) is 0 Å². The van der Waals surface area contributed by atoms with Gasteiger partial charge in [-0.25, -0.2) is 0 Å². The molecule has 214 valence electrons. The Morgan fingerprint density at radius 2 is 0.913 bits per heavy atom. The highest BCUT2D eigenvalue weighted by Gasteiger charge is 2.24. The molecule has 0 aliphatic heterocycles. The first-order valence-corrected chi connectivity index (χ1v) is 15.7. The van der Waals surface area contributed by atoms with Crippen LogP contribution in [0.2, 0.25) is 0 Å². The van der Waals surface area contributed by atoms with E-state index in [-0.39, 0.29) is 0 Å². The molecule has 0 saturated carbocycles. The van der Waals surface area contributed by atoms with Crippen LogP contribution in [0.25, 0.3) is 93.6 Å². The highest BCUT2D eigenvalue weighted by atomic mass is 16.3. The van der Waals surface area contributed by atoms with Crippen LogP contribution in [0.3, 0.4) is 0 Å². The number of nitrogens with zero attached hydrogens (tertiary/aromatic N) is 3. The average Bonchev–Trinajstić information content (AvgIpc) is 3.85. The van der Waals surface area contributed by atoms with E-state index >= 15 is 0 Å². The standard InChI is InChI=1S/C42H25N3O/c1-2-11-26(12-3-1)43-32-16-6-4-13-28(32)31-25-27(23-24-33(31)43)44-34-17-9-19-36-40(34)41-35(44)18-10-20-37(41)45(36)38-21-8-15-30-29-14-5-7-22-39(29)46-42(30)38/h1-25H. The van der Waals surface area contributed by atoms with Gasteiger partial charge in [-0.05, 0) is 72.8 Å². The zero-order chi connectivity index (χ0) is 29.9. The molecule has 11 rings (SSSR count). The molecule has 0 aliphatic rings. The topological polar surface area (TPSA) is 27.9 Å². The predicted octanol–water partition coefficient (Wildman–Crippen LogP) is 11.2. The van der Waals surface area contributed by atoms with E-state index in [9.17, 15) is 0 Å². The summed E-state index contributed by atoms with van der Waals surface area (Å²) in [6, 6.07) is 54.4. The maximum Gasteiger partial charge on any atom is 0.159 e. The fourth-order valence-corrected chi connectivity index (χ4v) is 7.98. The Hall–Kier alpha value is -6.26. The van der Waals surface area contributed by atoms with Gasteiger partial charge in [0, 0.05) is 43.7 Å². The second kappa shape index (κ2) is 8.68. The second-order valence-electron chi connectivity index (χ2n) is 12.2. The third-order valence-electron chi connectivity index (χ3n) is 9.81. The van der Waals surface area contributed by atoms with Crippen molar-refractivity contribution in [1.29, 1.82) is 0 Å². The van der Waals surface area contributed by atoms with Gasteiger partial charge in [0.1, 0.15) is 5.58 Å². The molecule has 0 aliphatic carbocycles. The van der Waals surface area contributed by atoms with E-state index < -0.39 is 0 Å². The number of furan rings is 1. The fourth-order valence-electron chi connectivity index (χ4n) is 7.98. The van der Waals surface area contributed by atoms with Crippen molar-refractivity contribution in [3.63, 3.8) is 0 Å². The molecule has 0 amide bonds. The number of hydrogen-bond acceptors (Lipinski definition) is 1. The van der Waals surface area contributed by atoms with Crippen LogP contribution in [0.15, 0.2) is 156 Å². The van der Waals surface area contributed by atoms with Gasteiger partial charge in [-0.15, -0.1) is 0 Å². The minimum Gasteiger partial charge on any atom is -0.454 e. The van der Waals surface area contributed by atoms with E-state index in [2.05, 4.69) is 159 Å². The summed E-state index contributed by atoms with van der Waals surface area (Å²) < 4.78 is 13.7. The van der Waals surface area contributed by atoms with Gasteiger partial charge >= 0.3 is 0 Å². The first kappa shape index (κ1) is 24.1. The van der Waals surface area contributed by atoms with Crippen molar-refractivity contribution < 1.29 is 4.42 Å². The summed E-state index contributed by atoms with van der Waals surface area (Å²) in [7, 11) is 0. The molecule has 4 aromatic heterocycles. The summed E-state index contributed by atoms with van der Waals surface area (Å²) in [5, 5.41) is 7.32. The lowest BCUT2D eigenvalue weighted by molar-refractivity contribution is 0.666. The molecule has 7 aromatic carbocycles. The molecule has 46 heavy (non-hydrogen) atoms. The lowest BCUT2D eigenvalue weighted by Crippen LogP contribution is -1.98. The quantitative estimate of drug-likeness (QED) is 0.202.